The Labute approximate surface area is 179 Å². The number of hydrogen-bond acceptors (Lipinski definition) is 7. The molecule has 0 N–H and O–H groups in total. The number of carbonyl (C=O) groups is 1. The van der Waals surface area contributed by atoms with Crippen LogP contribution in [-0.4, -0.2) is 47.3 Å². The predicted octanol–water partition coefficient (Wildman–Crippen LogP) is 2.88. The zero-order valence-corrected chi connectivity index (χ0v) is 18.3. The summed E-state index contributed by atoms with van der Waals surface area (Å²) >= 11 is 0. The number of aromatic nitrogens is 2. The molecule has 2 aromatic carbocycles. The number of aryl methyl sites for hydroxylation is 1. The van der Waals surface area contributed by atoms with Gasteiger partial charge in [0.1, 0.15) is 12.4 Å². The van der Waals surface area contributed by atoms with Gasteiger partial charge in [-0.1, -0.05) is 6.07 Å². The summed E-state index contributed by atoms with van der Waals surface area (Å²) in [7, 11) is -0.714. The van der Waals surface area contributed by atoms with E-state index in [1.165, 1.54) is 51.4 Å². The van der Waals surface area contributed by atoms with Crippen molar-refractivity contribution in [3.05, 3.63) is 63.5 Å². The first-order chi connectivity index (χ1) is 14.6. The van der Waals surface area contributed by atoms with Crippen molar-refractivity contribution < 1.29 is 22.9 Å². The number of carbonyl (C=O) groups excluding carboxylic acids is 1. The molecule has 0 atom stereocenters. The summed E-state index contributed by atoms with van der Waals surface area (Å²) < 4.78 is 33.1. The average molecular weight is 446 g/mol. The van der Waals surface area contributed by atoms with E-state index in [0.717, 1.165) is 4.31 Å². The molecule has 10 nitrogen and oxygen atoms in total. The highest BCUT2D eigenvalue weighted by Gasteiger charge is 2.22. The normalized spacial score (nSPS) is 11.8. The maximum Gasteiger partial charge on any atom is 0.339 e. The fourth-order valence-corrected chi connectivity index (χ4v) is 4.17. The molecule has 0 saturated carbocycles. The number of hydrogen-bond donors (Lipinski definition) is 0. The minimum Gasteiger partial charge on any atom is -0.454 e. The van der Waals surface area contributed by atoms with Gasteiger partial charge >= 0.3 is 5.97 Å². The molecule has 0 radical (unpaired) electrons. The predicted molar refractivity (Wildman–Crippen MR) is 113 cm³/mol. The van der Waals surface area contributed by atoms with Gasteiger partial charge in [-0.25, -0.2) is 22.5 Å². The van der Waals surface area contributed by atoms with E-state index in [9.17, 15) is 23.3 Å². The topological polar surface area (TPSA) is 125 Å². The third kappa shape index (κ3) is 4.14. The Morgan fingerprint density at radius 3 is 2.58 bits per heavy atom. The lowest BCUT2D eigenvalue weighted by atomic mass is 10.1. The third-order valence-electron chi connectivity index (χ3n) is 4.95. The third-order valence-corrected chi connectivity index (χ3v) is 6.76. The van der Waals surface area contributed by atoms with Gasteiger partial charge < -0.3 is 9.30 Å². The van der Waals surface area contributed by atoms with Gasteiger partial charge in [-0.15, -0.1) is 0 Å². The highest BCUT2D eigenvalue weighted by Crippen LogP contribution is 2.24. The summed E-state index contributed by atoms with van der Waals surface area (Å²) in [6, 6.07) is 8.86. The number of esters is 1. The van der Waals surface area contributed by atoms with Crippen LogP contribution in [0.25, 0.3) is 11.0 Å². The molecule has 1 heterocycles. The van der Waals surface area contributed by atoms with Crippen molar-refractivity contribution in [2.24, 2.45) is 0 Å². The Balaban J connectivity index is 1.91. The molecular weight excluding hydrogens is 424 g/mol. The number of benzene rings is 2. The molecule has 31 heavy (non-hydrogen) atoms. The molecule has 0 aliphatic rings. The minimum atomic E-state index is -3.61. The van der Waals surface area contributed by atoms with Gasteiger partial charge in [0, 0.05) is 32.3 Å². The largest absolute Gasteiger partial charge is 0.454 e. The Kier molecular flexibility index (Phi) is 6.09. The van der Waals surface area contributed by atoms with Gasteiger partial charge in [0.25, 0.3) is 5.69 Å². The highest BCUT2D eigenvalue weighted by molar-refractivity contribution is 7.89. The minimum absolute atomic E-state index is 0.104. The van der Waals surface area contributed by atoms with Crippen LogP contribution >= 0.6 is 0 Å². The number of nitro benzene ring substituents is 1. The number of ether oxygens (including phenoxy) is 1. The van der Waals surface area contributed by atoms with Crippen LogP contribution in [0.4, 0.5) is 5.69 Å². The van der Waals surface area contributed by atoms with Gasteiger partial charge in [0.2, 0.25) is 10.0 Å². The van der Waals surface area contributed by atoms with Gasteiger partial charge in [-0.2, -0.15) is 0 Å². The van der Waals surface area contributed by atoms with Crippen LogP contribution in [0.1, 0.15) is 28.7 Å². The molecule has 0 aliphatic carbocycles. The summed E-state index contributed by atoms with van der Waals surface area (Å²) in [5, 5.41) is 11.1. The maximum absolute atomic E-state index is 12.5. The van der Waals surface area contributed by atoms with E-state index in [0.29, 0.717) is 23.4 Å². The fourth-order valence-electron chi connectivity index (χ4n) is 3.24. The molecular formula is C20H22N4O6S. The molecule has 11 heteroatoms. The molecule has 3 rings (SSSR count). The number of nitrogens with zero attached hydrogens (tertiary/aromatic N) is 4. The molecule has 0 fully saturated rings. The summed E-state index contributed by atoms with van der Waals surface area (Å²) in [6.45, 7) is 3.74. The Morgan fingerprint density at radius 2 is 1.97 bits per heavy atom. The molecule has 3 aromatic rings. The quantitative estimate of drug-likeness (QED) is 0.310. The van der Waals surface area contributed by atoms with Gasteiger partial charge in [0.15, 0.2) is 0 Å². The Hall–Kier alpha value is -3.31. The van der Waals surface area contributed by atoms with Crippen LogP contribution in [0.2, 0.25) is 0 Å². The van der Waals surface area contributed by atoms with E-state index in [2.05, 4.69) is 4.98 Å². The summed E-state index contributed by atoms with van der Waals surface area (Å²) in [6.07, 6.45) is 0. The number of sulfonamides is 1. The smallest absolute Gasteiger partial charge is 0.339 e. The summed E-state index contributed by atoms with van der Waals surface area (Å²) in [4.78, 5) is 27.6. The van der Waals surface area contributed by atoms with Crippen LogP contribution in [0.5, 0.6) is 0 Å². The first-order valence-corrected chi connectivity index (χ1v) is 10.8. The first-order valence-electron chi connectivity index (χ1n) is 9.40. The standard InChI is InChI=1S/C20H22N4O6S/c1-5-23-18-10-9-14(31(28,29)22(3)4)11-16(18)21-19(23)12-30-20(25)15-7-6-8-17(13(15)2)24(26)27/h6-11H,5,12H2,1-4H3. The molecule has 0 bridgehead atoms. The van der Waals surface area contributed by atoms with Crippen LogP contribution in [0.15, 0.2) is 41.3 Å². The second-order valence-electron chi connectivity index (χ2n) is 6.99. The van der Waals surface area contributed by atoms with Gasteiger partial charge in [-0.3, -0.25) is 10.1 Å². The van der Waals surface area contributed by atoms with E-state index >= 15 is 0 Å². The van der Waals surface area contributed by atoms with E-state index < -0.39 is 20.9 Å². The van der Waals surface area contributed by atoms with Crippen LogP contribution < -0.4 is 0 Å². The second-order valence-corrected chi connectivity index (χ2v) is 9.15. The number of rotatable bonds is 7. The maximum atomic E-state index is 12.5. The van der Waals surface area contributed by atoms with Crippen molar-refractivity contribution >= 4 is 32.7 Å². The molecule has 0 amide bonds. The zero-order valence-electron chi connectivity index (χ0n) is 17.5. The van der Waals surface area contributed by atoms with E-state index in [1.54, 1.807) is 6.07 Å². The number of nitro groups is 1. The van der Waals surface area contributed by atoms with Crippen molar-refractivity contribution in [2.75, 3.05) is 14.1 Å². The molecule has 0 aliphatic heterocycles. The number of fused-ring (bicyclic) bond motifs is 1. The first kappa shape index (κ1) is 22.4. The van der Waals surface area contributed by atoms with Crippen LogP contribution in [0, 0.1) is 17.0 Å². The monoisotopic (exact) mass is 446 g/mol. The summed E-state index contributed by atoms with van der Waals surface area (Å²) in [5.41, 5.74) is 1.33. The van der Waals surface area contributed by atoms with Crippen molar-refractivity contribution in [2.45, 2.75) is 31.9 Å². The Morgan fingerprint density at radius 1 is 1.26 bits per heavy atom. The second kappa shape index (κ2) is 8.44. The lowest BCUT2D eigenvalue weighted by Gasteiger charge is -2.11. The molecule has 0 spiro atoms. The Bertz CT molecular complexity index is 1280. The molecule has 1 aromatic heterocycles. The lowest BCUT2D eigenvalue weighted by Crippen LogP contribution is -2.22. The molecule has 164 valence electrons. The van der Waals surface area contributed by atoms with Gasteiger partial charge in [-0.05, 0) is 38.1 Å². The number of imidazole rings is 1. The molecule has 0 unspecified atom stereocenters. The van der Waals surface area contributed by atoms with Crippen LogP contribution in [-0.2, 0) is 27.9 Å². The summed E-state index contributed by atoms with van der Waals surface area (Å²) in [5.74, 6) is -0.264. The van der Waals surface area contributed by atoms with E-state index in [1.807, 2.05) is 11.5 Å². The lowest BCUT2D eigenvalue weighted by molar-refractivity contribution is -0.385. The fraction of sp³-hybridized carbons (Fsp3) is 0.300. The van der Waals surface area contributed by atoms with Crippen molar-refractivity contribution in [1.82, 2.24) is 13.9 Å². The van der Waals surface area contributed by atoms with Crippen molar-refractivity contribution in [3.8, 4) is 0 Å². The van der Waals surface area contributed by atoms with E-state index in [-0.39, 0.29) is 28.3 Å². The van der Waals surface area contributed by atoms with Crippen molar-refractivity contribution in [1.29, 1.82) is 0 Å². The van der Waals surface area contributed by atoms with E-state index in [4.69, 9.17) is 4.74 Å². The SMILES string of the molecule is CCn1c(COC(=O)c2cccc([N+](=O)[O-])c2C)nc2cc(S(=O)(=O)N(C)C)ccc21. The zero-order chi connectivity index (χ0) is 22.9. The highest BCUT2D eigenvalue weighted by atomic mass is 32.2. The van der Waals surface area contributed by atoms with Gasteiger partial charge in [0.05, 0.1) is 26.4 Å². The average Bonchev–Trinajstić information content (AvgIpc) is 3.08. The molecule has 0 saturated heterocycles. The van der Waals surface area contributed by atoms with Crippen LogP contribution in [0.3, 0.4) is 0 Å². The van der Waals surface area contributed by atoms with Crippen molar-refractivity contribution in [3.63, 3.8) is 0 Å².